The molecule has 1 aliphatic heterocycles. The number of benzene rings is 1. The van der Waals surface area contributed by atoms with Crippen molar-refractivity contribution in [2.75, 3.05) is 20.7 Å². The first-order valence-electron chi connectivity index (χ1n) is 9.44. The lowest BCUT2D eigenvalue weighted by molar-refractivity contribution is -0.137. The van der Waals surface area contributed by atoms with Gasteiger partial charge in [0.2, 0.25) is 0 Å². The van der Waals surface area contributed by atoms with Gasteiger partial charge in [-0.25, -0.2) is 9.67 Å². The van der Waals surface area contributed by atoms with Gasteiger partial charge in [0.1, 0.15) is 12.4 Å². The number of ether oxygens (including phenoxy) is 1. The third kappa shape index (κ3) is 5.73. The Labute approximate surface area is 172 Å². The van der Waals surface area contributed by atoms with E-state index in [0.29, 0.717) is 30.5 Å². The first-order chi connectivity index (χ1) is 14.4. The minimum absolute atomic E-state index is 0.122. The maximum Gasteiger partial charge on any atom is 0.416 e. The zero-order valence-corrected chi connectivity index (χ0v) is 16.8. The van der Waals surface area contributed by atoms with E-state index in [1.807, 2.05) is 4.68 Å². The van der Waals surface area contributed by atoms with Crippen LogP contribution in [0.2, 0.25) is 0 Å². The largest absolute Gasteiger partial charge is 0.416 e. The van der Waals surface area contributed by atoms with Gasteiger partial charge in [0.05, 0.1) is 18.7 Å². The molecule has 1 atom stereocenters. The topological polar surface area (TPSA) is 76.4 Å². The molecule has 7 nitrogen and oxygen atoms in total. The number of alkyl halides is 3. The summed E-state index contributed by atoms with van der Waals surface area (Å²) < 4.78 is 45.2. The zero-order valence-electron chi connectivity index (χ0n) is 16.8. The molecule has 2 aromatic rings. The van der Waals surface area contributed by atoms with E-state index in [1.165, 1.54) is 6.07 Å². The Hall–Kier alpha value is -3.06. The average molecular weight is 420 g/mol. The number of aliphatic imine (C=N–C) groups is 1. The molecule has 30 heavy (non-hydrogen) atoms. The molecule has 0 amide bonds. The molecule has 10 heteroatoms. The minimum Gasteiger partial charge on any atom is -0.377 e. The first-order valence-corrected chi connectivity index (χ1v) is 9.44. The predicted octanol–water partition coefficient (Wildman–Crippen LogP) is 1.97. The molecule has 0 bridgehead atoms. The van der Waals surface area contributed by atoms with Crippen molar-refractivity contribution in [1.29, 1.82) is 0 Å². The summed E-state index contributed by atoms with van der Waals surface area (Å²) in [5.74, 6) is 7.74. The van der Waals surface area contributed by atoms with Crippen LogP contribution < -0.4 is 10.6 Å². The Morgan fingerprint density at radius 3 is 2.97 bits per heavy atom. The number of guanidine groups is 1. The van der Waals surface area contributed by atoms with Crippen molar-refractivity contribution in [3.8, 4) is 11.8 Å². The van der Waals surface area contributed by atoms with Crippen LogP contribution in [0.25, 0.3) is 0 Å². The average Bonchev–Trinajstić information content (AvgIpc) is 3.12. The summed E-state index contributed by atoms with van der Waals surface area (Å²) in [6.07, 6.45) is -2.71. The maximum atomic E-state index is 12.8. The molecular formula is C20H23F3N6O. The highest BCUT2D eigenvalue weighted by molar-refractivity contribution is 5.80. The quantitative estimate of drug-likeness (QED) is 0.449. The normalized spacial score (nSPS) is 16.4. The number of aryl methyl sites for hydroxylation is 1. The number of aromatic nitrogens is 3. The second-order valence-corrected chi connectivity index (χ2v) is 6.75. The lowest BCUT2D eigenvalue weighted by atomic mass is 10.1. The molecule has 0 radical (unpaired) electrons. The number of fused-ring (bicyclic) bond motifs is 1. The first kappa shape index (κ1) is 21.6. The molecule has 0 saturated carbocycles. The van der Waals surface area contributed by atoms with E-state index in [1.54, 1.807) is 20.2 Å². The molecule has 0 saturated heterocycles. The van der Waals surface area contributed by atoms with Gasteiger partial charge in [-0.3, -0.25) is 4.99 Å². The van der Waals surface area contributed by atoms with Crippen LogP contribution in [0.4, 0.5) is 13.2 Å². The molecule has 1 unspecified atom stereocenters. The Bertz CT molecular complexity index is 957. The van der Waals surface area contributed by atoms with Crippen molar-refractivity contribution in [2.24, 2.45) is 4.99 Å². The van der Waals surface area contributed by atoms with Gasteiger partial charge in [0, 0.05) is 32.2 Å². The molecule has 1 aliphatic rings. The van der Waals surface area contributed by atoms with Crippen LogP contribution in [0.5, 0.6) is 0 Å². The summed E-state index contributed by atoms with van der Waals surface area (Å²) in [5, 5.41) is 10.8. The fourth-order valence-corrected chi connectivity index (χ4v) is 3.10. The van der Waals surface area contributed by atoms with Crippen molar-refractivity contribution in [1.82, 2.24) is 25.4 Å². The number of methoxy groups -OCH3 is 1. The fraction of sp³-hybridized carbons (Fsp3) is 0.450. The van der Waals surface area contributed by atoms with E-state index < -0.39 is 11.7 Å². The molecule has 0 fully saturated rings. The van der Waals surface area contributed by atoms with Crippen molar-refractivity contribution < 1.29 is 17.9 Å². The number of hydrogen-bond donors (Lipinski definition) is 2. The monoisotopic (exact) mass is 420 g/mol. The Morgan fingerprint density at radius 2 is 2.23 bits per heavy atom. The number of hydrogen-bond acceptors (Lipinski definition) is 4. The van der Waals surface area contributed by atoms with E-state index in [-0.39, 0.29) is 12.6 Å². The highest BCUT2D eigenvalue weighted by Gasteiger charge is 2.30. The van der Waals surface area contributed by atoms with Gasteiger partial charge < -0.3 is 15.4 Å². The third-order valence-electron chi connectivity index (χ3n) is 4.51. The summed E-state index contributed by atoms with van der Waals surface area (Å²) in [4.78, 5) is 8.63. The van der Waals surface area contributed by atoms with E-state index in [2.05, 4.69) is 37.5 Å². The van der Waals surface area contributed by atoms with E-state index in [4.69, 9.17) is 4.74 Å². The van der Waals surface area contributed by atoms with Gasteiger partial charge in [0.15, 0.2) is 11.8 Å². The lowest BCUT2D eigenvalue weighted by Gasteiger charge is -2.25. The van der Waals surface area contributed by atoms with Crippen LogP contribution in [0, 0.1) is 11.8 Å². The lowest BCUT2D eigenvalue weighted by Crippen LogP contribution is -2.47. The van der Waals surface area contributed by atoms with Crippen LogP contribution in [-0.4, -0.2) is 47.5 Å². The second-order valence-electron chi connectivity index (χ2n) is 6.75. The Morgan fingerprint density at radius 1 is 1.40 bits per heavy atom. The van der Waals surface area contributed by atoms with Gasteiger partial charge in [-0.05, 0) is 24.6 Å². The molecule has 2 heterocycles. The molecule has 0 aliphatic carbocycles. The number of nitrogens with one attached hydrogen (secondary N) is 2. The summed E-state index contributed by atoms with van der Waals surface area (Å²) in [5.41, 5.74) is -0.398. The van der Waals surface area contributed by atoms with Crippen molar-refractivity contribution in [3.05, 3.63) is 47.0 Å². The van der Waals surface area contributed by atoms with Crippen molar-refractivity contribution in [2.45, 2.75) is 38.2 Å². The molecule has 0 spiro atoms. The van der Waals surface area contributed by atoms with Gasteiger partial charge in [-0.15, -0.1) is 0 Å². The van der Waals surface area contributed by atoms with Gasteiger partial charge in [-0.2, -0.15) is 18.3 Å². The van der Waals surface area contributed by atoms with Crippen LogP contribution in [0.3, 0.4) is 0 Å². The molecule has 160 valence electrons. The highest BCUT2D eigenvalue weighted by Crippen LogP contribution is 2.29. The molecule has 1 aromatic carbocycles. The summed E-state index contributed by atoms with van der Waals surface area (Å²) in [6, 6.07) is 5.08. The van der Waals surface area contributed by atoms with Crippen LogP contribution in [0.15, 0.2) is 29.3 Å². The van der Waals surface area contributed by atoms with Crippen molar-refractivity contribution >= 4 is 5.96 Å². The predicted molar refractivity (Wildman–Crippen MR) is 106 cm³/mol. The van der Waals surface area contributed by atoms with Crippen LogP contribution >= 0.6 is 0 Å². The smallest absolute Gasteiger partial charge is 0.377 e. The number of halogens is 3. The summed E-state index contributed by atoms with van der Waals surface area (Å²) in [7, 11) is 3.26. The van der Waals surface area contributed by atoms with Crippen molar-refractivity contribution in [3.63, 3.8) is 0 Å². The molecule has 2 N–H and O–H groups in total. The fourth-order valence-electron chi connectivity index (χ4n) is 3.10. The van der Waals surface area contributed by atoms with E-state index in [0.717, 1.165) is 30.8 Å². The minimum atomic E-state index is -4.38. The number of nitrogens with zero attached hydrogens (tertiary/aromatic N) is 4. The highest BCUT2D eigenvalue weighted by atomic mass is 19.4. The number of rotatable bonds is 4. The van der Waals surface area contributed by atoms with E-state index in [9.17, 15) is 13.2 Å². The third-order valence-corrected chi connectivity index (χ3v) is 4.51. The van der Waals surface area contributed by atoms with Crippen LogP contribution in [-0.2, 0) is 30.5 Å². The SMILES string of the molecule is CN=C(NCC#Cc1cccc(C(F)(F)F)c1)NC1CCc2nc(COC)nn2C1. The van der Waals surface area contributed by atoms with Crippen LogP contribution in [0.1, 0.15) is 29.2 Å². The molecular weight excluding hydrogens is 397 g/mol. The zero-order chi connectivity index (χ0) is 21.6. The Balaban J connectivity index is 1.52. The molecule has 3 rings (SSSR count). The Kier molecular flexibility index (Phi) is 6.95. The summed E-state index contributed by atoms with van der Waals surface area (Å²) >= 11 is 0. The standard InChI is InChI=1S/C20H23F3N6O/c1-24-19(25-10-4-6-14-5-3-7-15(11-14)20(21,22)23)26-16-8-9-18-27-17(13-30-2)28-29(18)12-16/h3,5,7,11,16H,8-10,12-13H2,1-2H3,(H2,24,25,26). The van der Waals surface area contributed by atoms with Gasteiger partial charge >= 0.3 is 6.18 Å². The molecule has 1 aromatic heterocycles. The van der Waals surface area contributed by atoms with Gasteiger partial charge in [-0.1, -0.05) is 17.9 Å². The summed E-state index contributed by atoms with van der Waals surface area (Å²) in [6.45, 7) is 1.28. The maximum absolute atomic E-state index is 12.8. The van der Waals surface area contributed by atoms with E-state index >= 15 is 0 Å². The van der Waals surface area contributed by atoms with Gasteiger partial charge in [0.25, 0.3) is 0 Å². The second kappa shape index (κ2) is 9.63.